The quantitative estimate of drug-likeness (QED) is 0.489. The molecule has 0 spiro atoms. The first-order valence-corrected chi connectivity index (χ1v) is 10.6. The molecule has 1 aliphatic heterocycles. The van der Waals surface area contributed by atoms with Crippen molar-refractivity contribution in [2.24, 2.45) is 5.92 Å². The minimum atomic E-state index is 0.0685. The van der Waals surface area contributed by atoms with E-state index in [1.807, 2.05) is 0 Å². The molecule has 2 nitrogen and oxygen atoms in total. The summed E-state index contributed by atoms with van der Waals surface area (Å²) in [5, 5.41) is 14.5. The molecule has 2 aromatic rings. The fourth-order valence-corrected chi connectivity index (χ4v) is 6.31. The van der Waals surface area contributed by atoms with E-state index < -0.39 is 0 Å². The number of hydrogen-bond donors (Lipinski definition) is 2. The van der Waals surface area contributed by atoms with Gasteiger partial charge in [-0.25, -0.2) is 0 Å². The molecular weight excluding hydrogens is 342 g/mol. The largest absolute Gasteiger partial charge is 0.506 e. The highest BCUT2D eigenvalue weighted by Gasteiger charge is 2.46. The molecule has 0 saturated heterocycles. The zero-order valence-electron chi connectivity index (χ0n) is 15.2. The van der Waals surface area contributed by atoms with Crippen molar-refractivity contribution >= 4 is 23.0 Å². The Morgan fingerprint density at radius 1 is 1.08 bits per heavy atom. The minimum Gasteiger partial charge on any atom is -0.506 e. The summed E-state index contributed by atoms with van der Waals surface area (Å²) in [5.74, 6) is 1.75. The Morgan fingerprint density at radius 3 is 2.85 bits per heavy atom. The van der Waals surface area contributed by atoms with Gasteiger partial charge in [-0.05, 0) is 78.8 Å². The van der Waals surface area contributed by atoms with Crippen molar-refractivity contribution in [1.82, 2.24) is 0 Å². The number of benzene rings is 2. The summed E-state index contributed by atoms with van der Waals surface area (Å²) >= 11 is 6.62. The first-order valence-electron chi connectivity index (χ1n) is 10.0. The van der Waals surface area contributed by atoms with E-state index in [4.69, 9.17) is 11.6 Å². The number of anilines is 2. The van der Waals surface area contributed by atoms with Crippen LogP contribution in [0.3, 0.4) is 0 Å². The van der Waals surface area contributed by atoms with Crippen molar-refractivity contribution in [2.75, 3.05) is 11.2 Å². The Hall–Kier alpha value is -1.67. The third-order valence-electron chi connectivity index (χ3n) is 7.17. The smallest absolute Gasteiger partial charge is 0.139 e. The lowest BCUT2D eigenvalue weighted by molar-refractivity contribution is 0.180. The summed E-state index contributed by atoms with van der Waals surface area (Å²) in [6.07, 6.45) is 9.40. The van der Waals surface area contributed by atoms with Crippen LogP contribution in [0.25, 0.3) is 0 Å². The number of alkyl halides is 1. The SMILES string of the molecule is Oc1cc2c(c3c1Nc1ccccc1CC3)CCC1CCCC[C@@]21CCl. The van der Waals surface area contributed by atoms with E-state index >= 15 is 0 Å². The van der Waals surface area contributed by atoms with Gasteiger partial charge in [0.1, 0.15) is 5.75 Å². The topological polar surface area (TPSA) is 32.3 Å². The van der Waals surface area contributed by atoms with E-state index in [1.54, 1.807) is 0 Å². The third-order valence-corrected chi connectivity index (χ3v) is 7.65. The summed E-state index contributed by atoms with van der Waals surface area (Å²) in [5.41, 5.74) is 7.59. The molecule has 3 aliphatic rings. The minimum absolute atomic E-state index is 0.0685. The average molecular weight is 368 g/mol. The lowest BCUT2D eigenvalue weighted by Crippen LogP contribution is -2.44. The van der Waals surface area contributed by atoms with Gasteiger partial charge in [-0.3, -0.25) is 0 Å². The maximum atomic E-state index is 11.0. The maximum absolute atomic E-state index is 11.0. The highest BCUT2D eigenvalue weighted by molar-refractivity contribution is 6.18. The van der Waals surface area contributed by atoms with Crippen LogP contribution in [0.2, 0.25) is 0 Å². The monoisotopic (exact) mass is 367 g/mol. The van der Waals surface area contributed by atoms with Crippen LogP contribution in [0.5, 0.6) is 5.75 Å². The van der Waals surface area contributed by atoms with Crippen LogP contribution in [0.1, 0.15) is 54.4 Å². The van der Waals surface area contributed by atoms with Crippen LogP contribution < -0.4 is 5.32 Å². The predicted octanol–water partition coefficient (Wildman–Crippen LogP) is 5.85. The fraction of sp³-hybridized carbons (Fsp3) is 0.478. The van der Waals surface area contributed by atoms with E-state index in [0.717, 1.165) is 30.6 Å². The molecule has 0 bridgehead atoms. The number of para-hydroxylation sites is 1. The Balaban J connectivity index is 1.68. The molecule has 2 N–H and O–H groups in total. The van der Waals surface area contributed by atoms with Crippen molar-refractivity contribution in [3.63, 3.8) is 0 Å². The molecule has 0 amide bonds. The zero-order chi connectivity index (χ0) is 17.7. The Labute approximate surface area is 160 Å². The lowest BCUT2D eigenvalue weighted by Gasteiger charge is -2.48. The molecule has 1 fully saturated rings. The number of phenols is 1. The van der Waals surface area contributed by atoms with Gasteiger partial charge in [0.2, 0.25) is 0 Å². The molecule has 2 aromatic carbocycles. The fourth-order valence-electron chi connectivity index (χ4n) is 5.82. The first-order chi connectivity index (χ1) is 12.7. The molecule has 0 aromatic heterocycles. The summed E-state index contributed by atoms with van der Waals surface area (Å²) < 4.78 is 0. The maximum Gasteiger partial charge on any atom is 0.139 e. The van der Waals surface area contributed by atoms with Gasteiger partial charge in [-0.2, -0.15) is 0 Å². The van der Waals surface area contributed by atoms with Crippen LogP contribution in [0, 0.1) is 5.92 Å². The average Bonchev–Trinajstić information content (AvgIpc) is 2.88. The number of nitrogens with one attached hydrogen (secondary N) is 1. The molecule has 0 radical (unpaired) electrons. The molecule has 1 heterocycles. The van der Waals surface area contributed by atoms with Crippen LogP contribution >= 0.6 is 11.6 Å². The number of fused-ring (bicyclic) bond motifs is 6. The molecular formula is C23H26ClNO. The molecule has 26 heavy (non-hydrogen) atoms. The van der Waals surface area contributed by atoms with Crippen LogP contribution in [-0.4, -0.2) is 11.0 Å². The van der Waals surface area contributed by atoms with Gasteiger partial charge in [0, 0.05) is 17.0 Å². The van der Waals surface area contributed by atoms with Crippen molar-refractivity contribution in [3.8, 4) is 5.75 Å². The van der Waals surface area contributed by atoms with Crippen LogP contribution in [-0.2, 0) is 24.7 Å². The number of aromatic hydroxyl groups is 1. The highest BCUT2D eigenvalue weighted by atomic mass is 35.5. The Morgan fingerprint density at radius 2 is 1.96 bits per heavy atom. The van der Waals surface area contributed by atoms with Gasteiger partial charge in [0.05, 0.1) is 5.69 Å². The van der Waals surface area contributed by atoms with Crippen molar-refractivity contribution in [1.29, 1.82) is 0 Å². The van der Waals surface area contributed by atoms with E-state index in [2.05, 4.69) is 35.6 Å². The standard InChI is InChI=1S/C23H26ClNO/c24-14-23-12-4-3-6-16(23)9-11-17-18-10-8-15-5-1-2-7-20(15)25-22(18)21(26)13-19(17)23/h1-2,5,7,13,16,25-26H,3-4,6,8-12,14H2/t16?,23-/m0/s1. The van der Waals surface area contributed by atoms with Gasteiger partial charge in [0.15, 0.2) is 0 Å². The highest BCUT2D eigenvalue weighted by Crippen LogP contribution is 2.54. The summed E-state index contributed by atoms with van der Waals surface area (Å²) in [4.78, 5) is 0. The number of phenolic OH excluding ortho intramolecular Hbond substituents is 1. The molecule has 2 aliphatic carbocycles. The predicted molar refractivity (Wildman–Crippen MR) is 108 cm³/mol. The second-order valence-electron chi connectivity index (χ2n) is 8.33. The second kappa shape index (κ2) is 6.20. The van der Waals surface area contributed by atoms with Gasteiger partial charge in [-0.15, -0.1) is 11.6 Å². The zero-order valence-corrected chi connectivity index (χ0v) is 15.9. The molecule has 1 unspecified atom stereocenters. The van der Waals surface area contributed by atoms with Crippen LogP contribution in [0.4, 0.5) is 11.4 Å². The summed E-state index contributed by atoms with van der Waals surface area (Å²) in [6.45, 7) is 0. The van der Waals surface area contributed by atoms with Crippen molar-refractivity contribution in [3.05, 3.63) is 52.6 Å². The molecule has 136 valence electrons. The molecule has 2 atom stereocenters. The molecule has 1 saturated carbocycles. The normalized spacial score (nSPS) is 26.6. The van der Waals surface area contributed by atoms with Crippen molar-refractivity contribution in [2.45, 2.75) is 56.8 Å². The molecule has 5 rings (SSSR count). The number of halogens is 1. The van der Waals surface area contributed by atoms with Gasteiger partial charge in [0.25, 0.3) is 0 Å². The third kappa shape index (κ3) is 2.31. The number of hydrogen-bond acceptors (Lipinski definition) is 2. The van der Waals surface area contributed by atoms with Gasteiger partial charge in [-0.1, -0.05) is 31.0 Å². The molecule has 3 heteroatoms. The number of rotatable bonds is 1. The summed E-state index contributed by atoms with van der Waals surface area (Å²) in [7, 11) is 0. The lowest BCUT2D eigenvalue weighted by atomic mass is 9.57. The van der Waals surface area contributed by atoms with E-state index in [1.165, 1.54) is 54.4 Å². The second-order valence-corrected chi connectivity index (χ2v) is 8.60. The van der Waals surface area contributed by atoms with Crippen molar-refractivity contribution < 1.29 is 5.11 Å². The van der Waals surface area contributed by atoms with Gasteiger partial charge < -0.3 is 10.4 Å². The number of aryl methyl sites for hydroxylation is 1. The van der Waals surface area contributed by atoms with Crippen LogP contribution in [0.15, 0.2) is 30.3 Å². The van der Waals surface area contributed by atoms with Gasteiger partial charge >= 0.3 is 0 Å². The van der Waals surface area contributed by atoms with E-state index in [9.17, 15) is 5.11 Å². The Bertz CT molecular complexity index is 862. The van der Waals surface area contributed by atoms with E-state index in [-0.39, 0.29) is 5.41 Å². The van der Waals surface area contributed by atoms with E-state index in [0.29, 0.717) is 17.5 Å². The summed E-state index contributed by atoms with van der Waals surface area (Å²) in [6, 6.07) is 10.5. The Kier molecular flexibility index (Phi) is 3.93. The first kappa shape index (κ1) is 16.5.